The highest BCUT2D eigenvalue weighted by Gasteiger charge is 2.33. The number of ether oxygens (including phenoxy) is 2. The third-order valence-corrected chi connectivity index (χ3v) is 7.17. The monoisotopic (exact) mass is 443 g/mol. The summed E-state index contributed by atoms with van der Waals surface area (Å²) in [4.78, 5) is 14.3. The minimum atomic E-state index is -4.80. The molecule has 10 heteroatoms. The number of piperidine rings is 1. The Hall–Kier alpha value is -2.75. The largest absolute Gasteiger partial charge is 0.573 e. The zero-order chi connectivity index (χ0) is 21.9. The number of likely N-dealkylation sites (tertiary alicyclic amines) is 1. The van der Waals surface area contributed by atoms with Crippen molar-refractivity contribution in [3.05, 3.63) is 54.1 Å². The first-order chi connectivity index (χ1) is 14.1. The van der Waals surface area contributed by atoms with Crippen LogP contribution in [0.4, 0.5) is 13.2 Å². The molecule has 1 amide bonds. The first kappa shape index (κ1) is 21.9. The molecule has 1 aliphatic rings. The number of halogens is 3. The number of hydrogen-bond donors (Lipinski definition) is 0. The molecule has 6 nitrogen and oxygen atoms in total. The minimum Gasteiger partial charge on any atom is -0.497 e. The predicted octanol–water partition coefficient (Wildman–Crippen LogP) is 3.67. The van der Waals surface area contributed by atoms with Gasteiger partial charge < -0.3 is 14.4 Å². The Morgan fingerprint density at radius 2 is 1.50 bits per heavy atom. The van der Waals surface area contributed by atoms with E-state index in [9.17, 15) is 26.4 Å². The number of carbonyl (C=O) groups excluding carboxylic acids is 1. The maximum absolute atomic E-state index is 12.8. The molecule has 0 N–H and O–H groups in total. The standard InChI is InChI=1S/C20H20F3NO5S/c1-28-15-6-8-17(9-7-15)30(26,27)18-10-12-24(13-11-18)19(25)14-2-4-16(5-3-14)29-20(21,22)23/h2-9,18H,10-13H2,1H3. The normalized spacial score (nSPS) is 15.7. The molecule has 3 rings (SSSR count). The molecular formula is C20H20F3NO5S. The van der Waals surface area contributed by atoms with Gasteiger partial charge in [-0.15, -0.1) is 13.2 Å². The highest BCUT2D eigenvalue weighted by atomic mass is 32.2. The lowest BCUT2D eigenvalue weighted by molar-refractivity contribution is -0.274. The molecule has 0 aromatic heterocycles. The molecule has 0 spiro atoms. The lowest BCUT2D eigenvalue weighted by Gasteiger charge is -2.32. The van der Waals surface area contributed by atoms with Crippen molar-refractivity contribution in [3.8, 4) is 11.5 Å². The van der Waals surface area contributed by atoms with E-state index in [2.05, 4.69) is 4.74 Å². The number of benzene rings is 2. The lowest BCUT2D eigenvalue weighted by Crippen LogP contribution is -2.42. The molecular weight excluding hydrogens is 423 g/mol. The Balaban J connectivity index is 1.62. The van der Waals surface area contributed by atoms with Crippen molar-refractivity contribution < 1.29 is 35.9 Å². The van der Waals surface area contributed by atoms with Gasteiger partial charge in [0.2, 0.25) is 0 Å². The second-order valence-corrected chi connectivity index (χ2v) is 9.01. The van der Waals surface area contributed by atoms with Crippen molar-refractivity contribution in [2.75, 3.05) is 20.2 Å². The molecule has 2 aromatic carbocycles. The van der Waals surface area contributed by atoms with Crippen LogP contribution in [-0.4, -0.2) is 51.0 Å². The summed E-state index contributed by atoms with van der Waals surface area (Å²) in [6, 6.07) is 10.8. The Kier molecular flexibility index (Phi) is 6.25. The van der Waals surface area contributed by atoms with Crippen molar-refractivity contribution in [3.63, 3.8) is 0 Å². The Bertz CT molecular complexity index is 981. The SMILES string of the molecule is COc1ccc(S(=O)(=O)C2CCN(C(=O)c3ccc(OC(F)(F)F)cc3)CC2)cc1. The smallest absolute Gasteiger partial charge is 0.497 e. The molecule has 0 unspecified atom stereocenters. The molecule has 1 saturated heterocycles. The van der Waals surface area contributed by atoms with Gasteiger partial charge in [-0.1, -0.05) is 0 Å². The first-order valence-corrected chi connectivity index (χ1v) is 10.7. The van der Waals surface area contributed by atoms with E-state index in [0.717, 1.165) is 12.1 Å². The maximum atomic E-state index is 12.8. The number of sulfone groups is 1. The van der Waals surface area contributed by atoms with Gasteiger partial charge in [0.25, 0.3) is 5.91 Å². The van der Waals surface area contributed by atoms with Crippen molar-refractivity contribution >= 4 is 15.7 Å². The molecule has 1 heterocycles. The summed E-state index contributed by atoms with van der Waals surface area (Å²) in [5.41, 5.74) is 0.209. The van der Waals surface area contributed by atoms with Crippen LogP contribution in [-0.2, 0) is 9.84 Å². The minimum absolute atomic E-state index is 0.202. The van der Waals surface area contributed by atoms with Crippen molar-refractivity contribution in [1.29, 1.82) is 0 Å². The number of carbonyl (C=O) groups is 1. The molecule has 0 atom stereocenters. The Labute approximate surface area is 172 Å². The number of methoxy groups -OCH3 is 1. The van der Waals surface area contributed by atoms with E-state index in [1.54, 1.807) is 12.1 Å². The van der Waals surface area contributed by atoms with E-state index in [1.807, 2.05) is 0 Å². The maximum Gasteiger partial charge on any atom is 0.573 e. The van der Waals surface area contributed by atoms with Gasteiger partial charge in [-0.3, -0.25) is 4.79 Å². The van der Waals surface area contributed by atoms with Crippen molar-refractivity contribution in [1.82, 2.24) is 4.90 Å². The number of rotatable bonds is 5. The summed E-state index contributed by atoms with van der Waals surface area (Å²) in [5, 5.41) is -0.613. The molecule has 2 aromatic rings. The fourth-order valence-corrected chi connectivity index (χ4v) is 5.04. The van der Waals surface area contributed by atoms with Gasteiger partial charge in [0, 0.05) is 18.7 Å². The van der Waals surface area contributed by atoms with Crippen LogP contribution in [0.1, 0.15) is 23.2 Å². The highest BCUT2D eigenvalue weighted by Crippen LogP contribution is 2.27. The Morgan fingerprint density at radius 3 is 2.00 bits per heavy atom. The second-order valence-electron chi connectivity index (χ2n) is 6.78. The summed E-state index contributed by atoms with van der Waals surface area (Å²) < 4.78 is 71.2. The van der Waals surface area contributed by atoms with Gasteiger partial charge >= 0.3 is 6.36 Å². The number of alkyl halides is 3. The van der Waals surface area contributed by atoms with E-state index >= 15 is 0 Å². The van der Waals surface area contributed by atoms with Gasteiger partial charge in [0.1, 0.15) is 11.5 Å². The predicted molar refractivity (Wildman–Crippen MR) is 102 cm³/mol. The van der Waals surface area contributed by atoms with Gasteiger partial charge in [0.05, 0.1) is 17.3 Å². The number of amides is 1. The van der Waals surface area contributed by atoms with Crippen LogP contribution in [0.25, 0.3) is 0 Å². The van der Waals surface area contributed by atoms with E-state index < -0.39 is 27.2 Å². The summed E-state index contributed by atoms with van der Waals surface area (Å²) in [5.74, 6) is -0.224. The fraction of sp³-hybridized carbons (Fsp3) is 0.350. The summed E-state index contributed by atoms with van der Waals surface area (Å²) in [6.45, 7) is 0.472. The summed E-state index contributed by atoms with van der Waals surface area (Å²) >= 11 is 0. The van der Waals surface area contributed by atoms with Gasteiger partial charge in [-0.05, 0) is 61.4 Å². The van der Waals surface area contributed by atoms with Crippen LogP contribution in [0, 0.1) is 0 Å². The summed E-state index contributed by atoms with van der Waals surface area (Å²) in [6.07, 6.45) is -4.26. The highest BCUT2D eigenvalue weighted by molar-refractivity contribution is 7.92. The fourth-order valence-electron chi connectivity index (χ4n) is 3.31. The van der Waals surface area contributed by atoms with Crippen LogP contribution >= 0.6 is 0 Å². The van der Waals surface area contributed by atoms with Gasteiger partial charge in [0.15, 0.2) is 9.84 Å². The van der Waals surface area contributed by atoms with Crippen LogP contribution in [0.15, 0.2) is 53.4 Å². The van der Waals surface area contributed by atoms with Crippen LogP contribution < -0.4 is 9.47 Å². The average Bonchev–Trinajstić information content (AvgIpc) is 2.73. The molecule has 0 saturated carbocycles. The van der Waals surface area contributed by atoms with Crippen LogP contribution in [0.5, 0.6) is 11.5 Å². The molecule has 0 radical (unpaired) electrons. The molecule has 1 fully saturated rings. The zero-order valence-corrected chi connectivity index (χ0v) is 16.9. The molecule has 0 bridgehead atoms. The molecule has 0 aliphatic carbocycles. The second kappa shape index (κ2) is 8.55. The van der Waals surface area contributed by atoms with E-state index in [1.165, 1.54) is 36.3 Å². The first-order valence-electron chi connectivity index (χ1n) is 9.13. The number of nitrogens with zero attached hydrogens (tertiary/aromatic N) is 1. The van der Waals surface area contributed by atoms with Gasteiger partial charge in [-0.2, -0.15) is 0 Å². The molecule has 162 valence electrons. The third-order valence-electron chi connectivity index (χ3n) is 4.89. The lowest BCUT2D eigenvalue weighted by atomic mass is 10.1. The van der Waals surface area contributed by atoms with Crippen LogP contribution in [0.3, 0.4) is 0 Å². The van der Waals surface area contributed by atoms with Crippen LogP contribution in [0.2, 0.25) is 0 Å². The average molecular weight is 443 g/mol. The van der Waals surface area contributed by atoms with E-state index in [0.29, 0.717) is 5.75 Å². The topological polar surface area (TPSA) is 72.9 Å². The van der Waals surface area contributed by atoms with E-state index in [4.69, 9.17) is 4.74 Å². The molecule has 30 heavy (non-hydrogen) atoms. The van der Waals surface area contributed by atoms with Gasteiger partial charge in [-0.25, -0.2) is 8.42 Å². The van der Waals surface area contributed by atoms with E-state index in [-0.39, 0.29) is 42.3 Å². The van der Waals surface area contributed by atoms with Crippen molar-refractivity contribution in [2.45, 2.75) is 29.3 Å². The molecule has 1 aliphatic heterocycles. The summed E-state index contributed by atoms with van der Waals surface area (Å²) in [7, 11) is -2.05. The number of hydrogen-bond acceptors (Lipinski definition) is 5. The quantitative estimate of drug-likeness (QED) is 0.705. The Morgan fingerprint density at radius 1 is 0.967 bits per heavy atom. The zero-order valence-electron chi connectivity index (χ0n) is 16.1. The third kappa shape index (κ3) is 5.05. The van der Waals surface area contributed by atoms with Crippen molar-refractivity contribution in [2.24, 2.45) is 0 Å².